The molecular formula is C17H11ClFN3O. The van der Waals surface area contributed by atoms with E-state index in [4.69, 9.17) is 11.6 Å². The van der Waals surface area contributed by atoms with Gasteiger partial charge in [-0.3, -0.25) is 4.79 Å². The first kappa shape index (κ1) is 15.1. The number of carbonyl (C=O) groups is 1. The number of nitrogens with one attached hydrogen (secondary N) is 1. The van der Waals surface area contributed by atoms with Crippen LogP contribution in [0.2, 0.25) is 5.02 Å². The van der Waals surface area contributed by atoms with Gasteiger partial charge in [0.2, 0.25) is 0 Å². The average molecular weight is 328 g/mol. The summed E-state index contributed by atoms with van der Waals surface area (Å²) in [6.07, 6.45) is 2.84. The SMILES string of the molecule is O=C(Nc1cccc(Cl)c1)c1cnc(-c2ccc(F)cc2)nc1. The summed E-state index contributed by atoms with van der Waals surface area (Å²) in [5.41, 5.74) is 1.58. The van der Waals surface area contributed by atoms with Crippen molar-refractivity contribution in [3.8, 4) is 11.4 Å². The minimum absolute atomic E-state index is 0.316. The van der Waals surface area contributed by atoms with Gasteiger partial charge in [0.1, 0.15) is 5.82 Å². The molecular weight excluding hydrogens is 317 g/mol. The minimum Gasteiger partial charge on any atom is -0.322 e. The number of hydrogen-bond acceptors (Lipinski definition) is 3. The first-order valence-corrected chi connectivity index (χ1v) is 7.14. The van der Waals surface area contributed by atoms with Crippen LogP contribution in [0.25, 0.3) is 11.4 Å². The van der Waals surface area contributed by atoms with Crippen LogP contribution >= 0.6 is 11.6 Å². The number of benzene rings is 2. The molecule has 0 saturated heterocycles. The number of nitrogens with zero attached hydrogens (tertiary/aromatic N) is 2. The van der Waals surface area contributed by atoms with E-state index >= 15 is 0 Å². The first-order valence-electron chi connectivity index (χ1n) is 6.77. The number of anilines is 1. The molecule has 0 bridgehead atoms. The van der Waals surface area contributed by atoms with Crippen LogP contribution in [-0.4, -0.2) is 15.9 Å². The van der Waals surface area contributed by atoms with E-state index in [1.54, 1.807) is 36.4 Å². The van der Waals surface area contributed by atoms with E-state index < -0.39 is 0 Å². The maximum absolute atomic E-state index is 12.9. The van der Waals surface area contributed by atoms with E-state index in [1.165, 1.54) is 24.5 Å². The van der Waals surface area contributed by atoms with Gasteiger partial charge in [0, 0.05) is 28.7 Å². The topological polar surface area (TPSA) is 54.9 Å². The van der Waals surface area contributed by atoms with Crippen LogP contribution in [0.3, 0.4) is 0 Å². The number of amides is 1. The lowest BCUT2D eigenvalue weighted by Gasteiger charge is -2.06. The molecule has 1 aromatic heterocycles. The monoisotopic (exact) mass is 327 g/mol. The Hall–Kier alpha value is -2.79. The number of rotatable bonds is 3. The normalized spacial score (nSPS) is 10.3. The van der Waals surface area contributed by atoms with Crippen molar-refractivity contribution in [2.45, 2.75) is 0 Å². The molecule has 2 aromatic carbocycles. The maximum atomic E-state index is 12.9. The van der Waals surface area contributed by atoms with Crippen LogP contribution in [0.1, 0.15) is 10.4 Å². The molecule has 23 heavy (non-hydrogen) atoms. The zero-order chi connectivity index (χ0) is 16.2. The van der Waals surface area contributed by atoms with Gasteiger partial charge in [-0.1, -0.05) is 17.7 Å². The molecule has 0 aliphatic rings. The zero-order valence-electron chi connectivity index (χ0n) is 11.8. The summed E-state index contributed by atoms with van der Waals surface area (Å²) < 4.78 is 12.9. The van der Waals surface area contributed by atoms with Crippen LogP contribution < -0.4 is 5.32 Å². The number of halogens is 2. The van der Waals surface area contributed by atoms with E-state index in [-0.39, 0.29) is 11.7 Å². The summed E-state index contributed by atoms with van der Waals surface area (Å²) in [5, 5.41) is 3.25. The zero-order valence-corrected chi connectivity index (χ0v) is 12.6. The van der Waals surface area contributed by atoms with Gasteiger partial charge in [-0.05, 0) is 42.5 Å². The smallest absolute Gasteiger partial charge is 0.258 e. The van der Waals surface area contributed by atoms with Crippen LogP contribution in [0.15, 0.2) is 60.9 Å². The van der Waals surface area contributed by atoms with Crippen molar-refractivity contribution in [3.63, 3.8) is 0 Å². The third kappa shape index (κ3) is 3.70. The van der Waals surface area contributed by atoms with Crippen molar-refractivity contribution < 1.29 is 9.18 Å². The predicted molar refractivity (Wildman–Crippen MR) is 86.8 cm³/mol. The molecule has 1 amide bonds. The Labute approximate surface area is 137 Å². The molecule has 0 fully saturated rings. The third-order valence-electron chi connectivity index (χ3n) is 3.10. The fourth-order valence-electron chi connectivity index (χ4n) is 1.96. The van der Waals surface area contributed by atoms with Crippen LogP contribution in [0.5, 0.6) is 0 Å². The molecule has 1 heterocycles. The van der Waals surface area contributed by atoms with Crippen molar-refractivity contribution in [2.75, 3.05) is 5.32 Å². The van der Waals surface area contributed by atoms with Crippen LogP contribution in [-0.2, 0) is 0 Å². The third-order valence-corrected chi connectivity index (χ3v) is 3.33. The molecule has 0 atom stereocenters. The van der Waals surface area contributed by atoms with Crippen LogP contribution in [0.4, 0.5) is 10.1 Å². The second-order valence-corrected chi connectivity index (χ2v) is 5.20. The van der Waals surface area contributed by atoms with Gasteiger partial charge in [-0.15, -0.1) is 0 Å². The average Bonchev–Trinajstić information content (AvgIpc) is 2.56. The molecule has 0 radical (unpaired) electrons. The van der Waals surface area contributed by atoms with E-state index in [2.05, 4.69) is 15.3 Å². The highest BCUT2D eigenvalue weighted by atomic mass is 35.5. The van der Waals surface area contributed by atoms with Crippen molar-refractivity contribution in [3.05, 3.63) is 77.3 Å². The first-order chi connectivity index (χ1) is 11.1. The largest absolute Gasteiger partial charge is 0.322 e. The fourth-order valence-corrected chi connectivity index (χ4v) is 2.15. The van der Waals surface area contributed by atoms with E-state index in [0.717, 1.165) is 0 Å². The summed E-state index contributed by atoms with van der Waals surface area (Å²) in [5.74, 6) is -0.242. The van der Waals surface area contributed by atoms with Crippen molar-refractivity contribution in [2.24, 2.45) is 0 Å². The molecule has 4 nitrogen and oxygen atoms in total. The molecule has 0 unspecified atom stereocenters. The number of hydrogen-bond donors (Lipinski definition) is 1. The highest BCUT2D eigenvalue weighted by Gasteiger charge is 2.09. The Bertz CT molecular complexity index is 835. The summed E-state index contributed by atoms with van der Waals surface area (Å²) in [6.45, 7) is 0. The summed E-state index contributed by atoms with van der Waals surface area (Å²) in [6, 6.07) is 12.7. The van der Waals surface area contributed by atoms with Crippen LogP contribution in [0, 0.1) is 5.82 Å². The van der Waals surface area contributed by atoms with Crippen molar-refractivity contribution in [1.29, 1.82) is 0 Å². The summed E-state index contributed by atoms with van der Waals surface area (Å²) >= 11 is 5.87. The maximum Gasteiger partial charge on any atom is 0.258 e. The molecule has 0 aliphatic heterocycles. The van der Waals surface area contributed by atoms with E-state index in [0.29, 0.717) is 27.7 Å². The Morgan fingerprint density at radius 3 is 2.39 bits per heavy atom. The molecule has 0 aliphatic carbocycles. The Morgan fingerprint density at radius 1 is 1.04 bits per heavy atom. The Kier molecular flexibility index (Phi) is 4.30. The summed E-state index contributed by atoms with van der Waals surface area (Å²) in [4.78, 5) is 20.4. The van der Waals surface area contributed by atoms with Crippen molar-refractivity contribution in [1.82, 2.24) is 9.97 Å². The second-order valence-electron chi connectivity index (χ2n) is 4.77. The predicted octanol–water partition coefficient (Wildman–Crippen LogP) is 4.19. The lowest BCUT2D eigenvalue weighted by atomic mass is 10.2. The van der Waals surface area contributed by atoms with Gasteiger partial charge < -0.3 is 5.32 Å². The van der Waals surface area contributed by atoms with Gasteiger partial charge in [0.15, 0.2) is 5.82 Å². The van der Waals surface area contributed by atoms with Gasteiger partial charge in [-0.2, -0.15) is 0 Å². The lowest BCUT2D eigenvalue weighted by molar-refractivity contribution is 0.102. The molecule has 0 saturated carbocycles. The number of aromatic nitrogens is 2. The fraction of sp³-hybridized carbons (Fsp3) is 0. The van der Waals surface area contributed by atoms with Gasteiger partial charge >= 0.3 is 0 Å². The highest BCUT2D eigenvalue weighted by Crippen LogP contribution is 2.17. The minimum atomic E-state index is -0.335. The number of carbonyl (C=O) groups excluding carboxylic acids is 1. The van der Waals surface area contributed by atoms with Crippen molar-refractivity contribution >= 4 is 23.2 Å². The molecule has 3 aromatic rings. The quantitative estimate of drug-likeness (QED) is 0.784. The second kappa shape index (κ2) is 6.54. The molecule has 3 rings (SSSR count). The molecule has 6 heteroatoms. The van der Waals surface area contributed by atoms with Gasteiger partial charge in [0.25, 0.3) is 5.91 Å². The molecule has 1 N–H and O–H groups in total. The highest BCUT2D eigenvalue weighted by molar-refractivity contribution is 6.30. The van der Waals surface area contributed by atoms with E-state index in [1.807, 2.05) is 0 Å². The molecule has 114 valence electrons. The Morgan fingerprint density at radius 2 is 1.74 bits per heavy atom. The van der Waals surface area contributed by atoms with Gasteiger partial charge in [-0.25, -0.2) is 14.4 Å². The summed E-state index contributed by atoms with van der Waals surface area (Å²) in [7, 11) is 0. The lowest BCUT2D eigenvalue weighted by Crippen LogP contribution is -2.12. The Balaban J connectivity index is 1.76. The van der Waals surface area contributed by atoms with E-state index in [9.17, 15) is 9.18 Å². The van der Waals surface area contributed by atoms with Gasteiger partial charge in [0.05, 0.1) is 5.56 Å². The standard InChI is InChI=1S/C17H11ClFN3O/c18-13-2-1-3-15(8-13)22-17(23)12-9-20-16(21-10-12)11-4-6-14(19)7-5-11/h1-10H,(H,22,23). The molecule has 0 spiro atoms.